The average molecular weight is 159 g/mol. The Balaban J connectivity index is 2.31. The van der Waals surface area contributed by atoms with E-state index in [-0.39, 0.29) is 4.87 Å². The van der Waals surface area contributed by atoms with Gasteiger partial charge in [0.25, 0.3) is 0 Å². The number of allylic oxidation sites excluding steroid dienone is 2. The number of rotatable bonds is 2. The lowest BCUT2D eigenvalue weighted by Gasteiger charge is -2.18. The molecule has 0 N–H and O–H groups in total. The monoisotopic (exact) mass is 158 g/mol. The molecule has 58 valence electrons. The van der Waals surface area contributed by atoms with Gasteiger partial charge in [0, 0.05) is 4.87 Å². The first-order valence-corrected chi connectivity index (χ1v) is 4.31. The highest BCUT2D eigenvalue weighted by atomic mass is 35.5. The molecule has 0 aromatic heterocycles. The van der Waals surface area contributed by atoms with E-state index in [1.165, 1.54) is 12.8 Å². The summed E-state index contributed by atoms with van der Waals surface area (Å²) in [6.45, 7) is 4.17. The summed E-state index contributed by atoms with van der Waals surface area (Å²) in [5.74, 6) is 0.743. The Bertz CT molecular complexity index is 130. The molecule has 0 saturated heterocycles. The van der Waals surface area contributed by atoms with Gasteiger partial charge in [-0.2, -0.15) is 0 Å². The van der Waals surface area contributed by atoms with E-state index in [0.29, 0.717) is 0 Å². The van der Waals surface area contributed by atoms with Crippen molar-refractivity contribution in [2.45, 2.75) is 38.0 Å². The molecule has 0 fully saturated rings. The molecule has 0 saturated carbocycles. The summed E-state index contributed by atoms with van der Waals surface area (Å²) in [6.07, 6.45) is 8.22. The van der Waals surface area contributed by atoms with Crippen molar-refractivity contribution in [2.75, 3.05) is 0 Å². The van der Waals surface area contributed by atoms with E-state index >= 15 is 0 Å². The minimum absolute atomic E-state index is 0.0145. The van der Waals surface area contributed by atoms with Gasteiger partial charge >= 0.3 is 0 Å². The Morgan fingerprint density at radius 1 is 1.60 bits per heavy atom. The molecule has 1 rings (SSSR count). The maximum Gasteiger partial charge on any atom is 0.0396 e. The molecule has 1 heteroatoms. The minimum atomic E-state index is -0.0145. The van der Waals surface area contributed by atoms with Crippen molar-refractivity contribution in [3.05, 3.63) is 12.2 Å². The van der Waals surface area contributed by atoms with Gasteiger partial charge in [0.05, 0.1) is 0 Å². The first-order valence-electron chi connectivity index (χ1n) is 3.93. The van der Waals surface area contributed by atoms with Gasteiger partial charge in [-0.1, -0.05) is 12.2 Å². The zero-order valence-electron chi connectivity index (χ0n) is 6.73. The van der Waals surface area contributed by atoms with Gasteiger partial charge in [-0.3, -0.25) is 0 Å². The highest BCUT2D eigenvalue weighted by Gasteiger charge is 2.19. The highest BCUT2D eigenvalue weighted by molar-refractivity contribution is 6.23. The van der Waals surface area contributed by atoms with Crippen molar-refractivity contribution in [1.29, 1.82) is 0 Å². The summed E-state index contributed by atoms with van der Waals surface area (Å²) in [5.41, 5.74) is 0. The maximum absolute atomic E-state index is 6.08. The quantitative estimate of drug-likeness (QED) is 0.427. The van der Waals surface area contributed by atoms with Crippen molar-refractivity contribution in [3.63, 3.8) is 0 Å². The fourth-order valence-corrected chi connectivity index (χ4v) is 1.69. The smallest absolute Gasteiger partial charge is 0.0396 e. The lowest BCUT2D eigenvalue weighted by molar-refractivity contribution is 0.495. The lowest BCUT2D eigenvalue weighted by atomic mass is 9.96. The molecule has 10 heavy (non-hydrogen) atoms. The molecule has 0 amide bonds. The van der Waals surface area contributed by atoms with Crippen LogP contribution in [-0.2, 0) is 0 Å². The van der Waals surface area contributed by atoms with Crippen LogP contribution in [0.2, 0.25) is 0 Å². The molecule has 0 heterocycles. The standard InChI is InChI=1S/C9H15Cl/c1-9(2,10)7-8-5-3-4-6-8/h3,5,8H,4,6-7H2,1-2H3. The van der Waals surface area contributed by atoms with E-state index in [2.05, 4.69) is 26.0 Å². The molecule has 1 aliphatic carbocycles. The summed E-state index contributed by atoms with van der Waals surface area (Å²) in [5, 5.41) is 0. The normalized spacial score (nSPS) is 25.7. The third-order valence-electron chi connectivity index (χ3n) is 1.86. The van der Waals surface area contributed by atoms with Crippen molar-refractivity contribution in [3.8, 4) is 0 Å². The van der Waals surface area contributed by atoms with Gasteiger partial charge in [-0.05, 0) is 39.0 Å². The topological polar surface area (TPSA) is 0 Å². The molecular formula is C9H15Cl. The Labute approximate surface area is 68.3 Å². The van der Waals surface area contributed by atoms with Crippen LogP contribution in [0.15, 0.2) is 12.2 Å². The number of halogens is 1. The molecule has 1 atom stereocenters. The molecule has 0 nitrogen and oxygen atoms in total. The Hall–Kier alpha value is 0.0300. The van der Waals surface area contributed by atoms with Crippen molar-refractivity contribution < 1.29 is 0 Å². The van der Waals surface area contributed by atoms with Crippen molar-refractivity contribution >= 4 is 11.6 Å². The Morgan fingerprint density at radius 2 is 2.30 bits per heavy atom. The zero-order chi connectivity index (χ0) is 7.61. The van der Waals surface area contributed by atoms with Gasteiger partial charge in [-0.15, -0.1) is 11.6 Å². The van der Waals surface area contributed by atoms with E-state index < -0.39 is 0 Å². The van der Waals surface area contributed by atoms with E-state index in [4.69, 9.17) is 11.6 Å². The molecule has 0 radical (unpaired) electrons. The SMILES string of the molecule is CC(C)(Cl)CC1C=CCC1. The predicted octanol–water partition coefficient (Wildman–Crippen LogP) is 3.36. The Morgan fingerprint density at radius 3 is 2.70 bits per heavy atom. The third-order valence-corrected chi connectivity index (χ3v) is 2.01. The second kappa shape index (κ2) is 2.96. The van der Waals surface area contributed by atoms with E-state index in [0.717, 1.165) is 12.3 Å². The molecule has 0 spiro atoms. The molecular weight excluding hydrogens is 144 g/mol. The van der Waals surface area contributed by atoms with Gasteiger partial charge in [0.15, 0.2) is 0 Å². The van der Waals surface area contributed by atoms with Crippen LogP contribution in [0, 0.1) is 5.92 Å². The number of hydrogen-bond acceptors (Lipinski definition) is 0. The average Bonchev–Trinajstić information content (AvgIpc) is 2.12. The number of alkyl halides is 1. The molecule has 0 aromatic carbocycles. The van der Waals surface area contributed by atoms with Gasteiger partial charge in [0.1, 0.15) is 0 Å². The second-order valence-corrected chi connectivity index (χ2v) is 4.71. The summed E-state index contributed by atoms with van der Waals surface area (Å²) >= 11 is 6.08. The predicted molar refractivity (Wildman–Crippen MR) is 46.4 cm³/mol. The van der Waals surface area contributed by atoms with Crippen LogP contribution in [0.3, 0.4) is 0 Å². The van der Waals surface area contributed by atoms with Crippen LogP contribution in [0.1, 0.15) is 33.1 Å². The number of hydrogen-bond donors (Lipinski definition) is 0. The van der Waals surface area contributed by atoms with Gasteiger partial charge in [0.2, 0.25) is 0 Å². The van der Waals surface area contributed by atoms with Gasteiger partial charge in [-0.25, -0.2) is 0 Å². The fraction of sp³-hybridized carbons (Fsp3) is 0.778. The van der Waals surface area contributed by atoms with Crippen LogP contribution in [0.5, 0.6) is 0 Å². The van der Waals surface area contributed by atoms with Crippen LogP contribution in [0.4, 0.5) is 0 Å². The first-order chi connectivity index (χ1) is 4.58. The fourth-order valence-electron chi connectivity index (χ4n) is 1.49. The molecule has 0 aromatic rings. The van der Waals surface area contributed by atoms with E-state index in [9.17, 15) is 0 Å². The largest absolute Gasteiger partial charge is 0.120 e. The third kappa shape index (κ3) is 2.74. The van der Waals surface area contributed by atoms with Crippen LogP contribution < -0.4 is 0 Å². The molecule has 0 aliphatic heterocycles. The van der Waals surface area contributed by atoms with Gasteiger partial charge < -0.3 is 0 Å². The van der Waals surface area contributed by atoms with Crippen molar-refractivity contribution in [2.24, 2.45) is 5.92 Å². The van der Waals surface area contributed by atoms with Crippen LogP contribution >= 0.6 is 11.6 Å². The summed E-state index contributed by atoms with van der Waals surface area (Å²) in [7, 11) is 0. The summed E-state index contributed by atoms with van der Waals surface area (Å²) in [6, 6.07) is 0. The molecule has 0 bridgehead atoms. The van der Waals surface area contributed by atoms with Crippen LogP contribution in [0.25, 0.3) is 0 Å². The molecule has 1 aliphatic rings. The van der Waals surface area contributed by atoms with E-state index in [1.807, 2.05) is 0 Å². The second-order valence-electron chi connectivity index (χ2n) is 3.69. The lowest BCUT2D eigenvalue weighted by Crippen LogP contribution is -2.14. The minimum Gasteiger partial charge on any atom is -0.120 e. The summed E-state index contributed by atoms with van der Waals surface area (Å²) < 4.78 is 0. The van der Waals surface area contributed by atoms with Crippen molar-refractivity contribution in [1.82, 2.24) is 0 Å². The van der Waals surface area contributed by atoms with Crippen LogP contribution in [-0.4, -0.2) is 4.87 Å². The Kier molecular flexibility index (Phi) is 2.40. The summed E-state index contributed by atoms with van der Waals surface area (Å²) in [4.78, 5) is -0.0145. The highest BCUT2D eigenvalue weighted by Crippen LogP contribution is 2.29. The maximum atomic E-state index is 6.08. The molecule has 1 unspecified atom stereocenters. The zero-order valence-corrected chi connectivity index (χ0v) is 7.49. The van der Waals surface area contributed by atoms with E-state index in [1.54, 1.807) is 0 Å². The first kappa shape index (κ1) is 8.13.